The lowest BCUT2D eigenvalue weighted by molar-refractivity contribution is -1.01. The Morgan fingerprint density at radius 1 is 1.17 bits per heavy atom. The van der Waals surface area contributed by atoms with Crippen LogP contribution in [0, 0.1) is 0 Å². The van der Waals surface area contributed by atoms with Gasteiger partial charge >= 0.3 is 0 Å². The molecule has 4 N–H and O–H groups in total. The van der Waals surface area contributed by atoms with Crippen molar-refractivity contribution in [1.29, 1.82) is 0 Å². The molecule has 0 aliphatic carbocycles. The number of amides is 2. The second-order valence-corrected chi connectivity index (χ2v) is 7.75. The van der Waals surface area contributed by atoms with E-state index in [-0.39, 0.29) is 17.9 Å². The van der Waals surface area contributed by atoms with Crippen LogP contribution in [0.25, 0.3) is 0 Å². The van der Waals surface area contributed by atoms with Crippen LogP contribution in [-0.4, -0.2) is 64.2 Å². The first kappa shape index (κ1) is 17.5. The average molecular weight is 398 g/mol. The van der Waals surface area contributed by atoms with Crippen LogP contribution in [0.4, 0.5) is 5.69 Å². The third-order valence-corrected chi connectivity index (χ3v) is 5.55. The zero-order chi connectivity index (χ0) is 17.1. The van der Waals surface area contributed by atoms with Crippen molar-refractivity contribution in [2.24, 2.45) is 0 Å². The molecule has 1 aromatic carbocycles. The number of nitrogens with two attached hydrogens (primary N) is 1. The highest BCUT2D eigenvalue weighted by Crippen LogP contribution is 2.23. The molecule has 24 heavy (non-hydrogen) atoms. The maximum atomic E-state index is 12.6. The summed E-state index contributed by atoms with van der Waals surface area (Å²) in [5.41, 5.74) is 0.664. The Morgan fingerprint density at radius 2 is 1.83 bits per heavy atom. The van der Waals surface area contributed by atoms with Crippen molar-refractivity contribution in [2.45, 2.75) is 12.5 Å². The summed E-state index contributed by atoms with van der Waals surface area (Å²) in [5.74, 6) is -0.181. The smallest absolute Gasteiger partial charge is 0.292 e. The molecule has 0 unspecified atom stereocenters. The Balaban J connectivity index is 1.51. The molecule has 0 radical (unpaired) electrons. The van der Waals surface area contributed by atoms with Gasteiger partial charge in [-0.15, -0.1) is 0 Å². The topological polar surface area (TPSA) is 62.9 Å². The summed E-state index contributed by atoms with van der Waals surface area (Å²) in [6.07, 6.45) is 0.303. The molecule has 2 heterocycles. The lowest BCUT2D eigenvalue weighted by atomic mass is 10.2. The van der Waals surface area contributed by atoms with Crippen molar-refractivity contribution in [2.75, 3.05) is 51.2 Å². The summed E-state index contributed by atoms with van der Waals surface area (Å²) < 4.78 is 0.936. The summed E-state index contributed by atoms with van der Waals surface area (Å²) in [5, 5.41) is 2.05. The molecule has 2 fully saturated rings. The van der Waals surface area contributed by atoms with Gasteiger partial charge in [0.05, 0.1) is 19.2 Å². The van der Waals surface area contributed by atoms with E-state index < -0.39 is 0 Å². The van der Waals surface area contributed by atoms with Crippen molar-refractivity contribution >= 4 is 33.4 Å². The molecule has 0 spiro atoms. The van der Waals surface area contributed by atoms with E-state index in [0.29, 0.717) is 12.1 Å². The van der Waals surface area contributed by atoms with Crippen LogP contribution in [0.2, 0.25) is 0 Å². The van der Waals surface area contributed by atoms with Gasteiger partial charge < -0.3 is 15.1 Å². The predicted molar refractivity (Wildman–Crippen MR) is 94.0 cm³/mol. The summed E-state index contributed by atoms with van der Waals surface area (Å²) >= 11 is 3.37. The second kappa shape index (κ2) is 7.74. The van der Waals surface area contributed by atoms with Crippen LogP contribution in [0.15, 0.2) is 28.7 Å². The number of hydrogen-bond acceptors (Lipinski definition) is 2. The standard InChI is InChI=1S/C17H23BrN4O2/c1-20-8-10-21(11-9-20)7-6-19-15-12-16(23)22(17(15)24)14-4-2-13(18)3-5-14/h2-5,15,19H,6-12H2,1H3/p+3/t15-/m0/s1. The maximum absolute atomic E-state index is 12.6. The number of piperazine rings is 1. The number of quaternary nitrogens is 3. The third-order valence-electron chi connectivity index (χ3n) is 5.03. The number of imide groups is 1. The predicted octanol–water partition coefficient (Wildman–Crippen LogP) is -2.94. The number of nitrogens with one attached hydrogen (secondary N) is 2. The lowest BCUT2D eigenvalue weighted by Crippen LogP contribution is -3.27. The Hall–Kier alpha value is -1.28. The molecule has 0 saturated carbocycles. The van der Waals surface area contributed by atoms with Crippen molar-refractivity contribution in [3.63, 3.8) is 0 Å². The molecule has 3 rings (SSSR count). The van der Waals surface area contributed by atoms with Gasteiger partial charge in [0.15, 0.2) is 6.04 Å². The van der Waals surface area contributed by atoms with Gasteiger partial charge in [-0.1, -0.05) is 15.9 Å². The van der Waals surface area contributed by atoms with E-state index >= 15 is 0 Å². The summed E-state index contributed by atoms with van der Waals surface area (Å²) in [6.45, 7) is 6.78. The largest absolute Gasteiger partial charge is 0.331 e. The van der Waals surface area contributed by atoms with E-state index in [1.807, 2.05) is 12.1 Å². The normalized spacial score (nSPS) is 27.8. The van der Waals surface area contributed by atoms with Crippen LogP contribution < -0.4 is 20.0 Å². The van der Waals surface area contributed by atoms with E-state index in [1.54, 1.807) is 21.9 Å². The highest BCUT2D eigenvalue weighted by molar-refractivity contribution is 9.10. The number of benzene rings is 1. The fourth-order valence-corrected chi connectivity index (χ4v) is 3.73. The summed E-state index contributed by atoms with van der Waals surface area (Å²) in [6, 6.07) is 7.05. The minimum atomic E-state index is -0.265. The van der Waals surface area contributed by atoms with Gasteiger partial charge in [-0.3, -0.25) is 9.59 Å². The summed E-state index contributed by atoms with van der Waals surface area (Å²) in [7, 11) is 2.24. The van der Waals surface area contributed by atoms with E-state index in [2.05, 4.69) is 28.3 Å². The van der Waals surface area contributed by atoms with Crippen molar-refractivity contribution < 1.29 is 24.7 Å². The van der Waals surface area contributed by atoms with Crippen LogP contribution in [0.5, 0.6) is 0 Å². The number of hydrogen-bond donors (Lipinski definition) is 3. The number of carbonyl (C=O) groups excluding carboxylic acids is 2. The number of nitrogens with zero attached hydrogens (tertiary/aromatic N) is 1. The van der Waals surface area contributed by atoms with Crippen LogP contribution in [-0.2, 0) is 9.59 Å². The number of rotatable bonds is 5. The van der Waals surface area contributed by atoms with Crippen LogP contribution in [0.3, 0.4) is 0 Å². The molecule has 1 aromatic rings. The number of anilines is 1. The molecule has 2 saturated heterocycles. The van der Waals surface area contributed by atoms with E-state index in [4.69, 9.17) is 0 Å². The van der Waals surface area contributed by atoms with Crippen molar-refractivity contribution in [3.8, 4) is 0 Å². The van der Waals surface area contributed by atoms with Crippen molar-refractivity contribution in [1.82, 2.24) is 0 Å². The maximum Gasteiger partial charge on any atom is 0.292 e. The fraction of sp³-hybridized carbons (Fsp3) is 0.529. The first-order chi connectivity index (χ1) is 11.5. The van der Waals surface area contributed by atoms with Gasteiger partial charge in [-0.05, 0) is 24.3 Å². The molecule has 2 amide bonds. The first-order valence-electron chi connectivity index (χ1n) is 8.65. The average Bonchev–Trinajstić information content (AvgIpc) is 2.85. The Kier molecular flexibility index (Phi) is 5.65. The third kappa shape index (κ3) is 4.03. The molecule has 0 bridgehead atoms. The van der Waals surface area contributed by atoms with Gasteiger partial charge in [0.2, 0.25) is 5.91 Å². The zero-order valence-electron chi connectivity index (χ0n) is 14.1. The Bertz CT molecular complexity index is 599. The van der Waals surface area contributed by atoms with Crippen molar-refractivity contribution in [3.05, 3.63) is 28.7 Å². The van der Waals surface area contributed by atoms with E-state index in [1.165, 1.54) is 31.1 Å². The quantitative estimate of drug-likeness (QED) is 0.465. The molecule has 1 atom stereocenters. The molecule has 6 nitrogen and oxygen atoms in total. The minimum absolute atomic E-state index is 0.0832. The molecule has 2 aliphatic rings. The minimum Gasteiger partial charge on any atom is -0.331 e. The van der Waals surface area contributed by atoms with E-state index in [9.17, 15) is 9.59 Å². The molecule has 2 aliphatic heterocycles. The second-order valence-electron chi connectivity index (χ2n) is 6.84. The summed E-state index contributed by atoms with van der Waals surface area (Å²) in [4.78, 5) is 29.4. The number of likely N-dealkylation sites (N-methyl/N-ethyl adjacent to an activating group) is 1. The highest BCUT2D eigenvalue weighted by atomic mass is 79.9. The zero-order valence-corrected chi connectivity index (χ0v) is 15.6. The monoisotopic (exact) mass is 397 g/mol. The fourth-order valence-electron chi connectivity index (χ4n) is 3.47. The Morgan fingerprint density at radius 3 is 2.50 bits per heavy atom. The van der Waals surface area contributed by atoms with Crippen LogP contribution >= 0.6 is 15.9 Å². The Labute approximate surface area is 150 Å². The first-order valence-corrected chi connectivity index (χ1v) is 9.44. The highest BCUT2D eigenvalue weighted by Gasteiger charge is 2.42. The van der Waals surface area contributed by atoms with Gasteiger partial charge in [-0.25, -0.2) is 4.90 Å². The number of carbonyl (C=O) groups is 2. The van der Waals surface area contributed by atoms with Gasteiger partial charge in [0.25, 0.3) is 5.91 Å². The number of halogens is 1. The molecule has 0 aromatic heterocycles. The SMILES string of the molecule is C[NH+]1CC[NH+](CC[NH2+][C@H]2CC(=O)N(c3ccc(Br)cc3)C2=O)CC1. The molecule has 7 heteroatoms. The van der Waals surface area contributed by atoms with Gasteiger partial charge in [0.1, 0.15) is 39.3 Å². The lowest BCUT2D eigenvalue weighted by Gasteiger charge is -2.26. The van der Waals surface area contributed by atoms with Gasteiger partial charge in [0, 0.05) is 4.47 Å². The van der Waals surface area contributed by atoms with Gasteiger partial charge in [-0.2, -0.15) is 0 Å². The van der Waals surface area contributed by atoms with Crippen LogP contribution in [0.1, 0.15) is 6.42 Å². The molecular formula is C17H26BrN4O2+3. The molecular weight excluding hydrogens is 372 g/mol. The molecule has 130 valence electrons. The van der Waals surface area contributed by atoms with E-state index in [0.717, 1.165) is 17.6 Å².